The summed E-state index contributed by atoms with van der Waals surface area (Å²) in [5, 5.41) is 20.5. The molecule has 0 aromatic heterocycles. The normalized spacial score (nSPS) is 24.2. The summed E-state index contributed by atoms with van der Waals surface area (Å²) < 4.78 is 27.9. The fourth-order valence-corrected chi connectivity index (χ4v) is 4.82. The van der Waals surface area contributed by atoms with Gasteiger partial charge in [0.2, 0.25) is 5.75 Å². The summed E-state index contributed by atoms with van der Waals surface area (Å²) in [6.07, 6.45) is -0.443. The first-order valence-electron chi connectivity index (χ1n) is 10.1. The molecule has 0 saturated carbocycles. The van der Waals surface area contributed by atoms with Crippen molar-refractivity contribution < 1.29 is 38.7 Å². The summed E-state index contributed by atoms with van der Waals surface area (Å²) in [5.74, 6) is -0.724. The van der Waals surface area contributed by atoms with Gasteiger partial charge in [-0.1, -0.05) is 0 Å². The maximum atomic E-state index is 12.9. The van der Waals surface area contributed by atoms with Gasteiger partial charge in [0.1, 0.15) is 0 Å². The standard InChI is InChI=1S/C23H26O8/c1-5-30-21-13-9-16(25)15(24)8-12(13)19(20-14(21)10-31-23(20)26)11-6-17(27-2)22(29-4)18(7-11)28-3/h6-9,14,19-21,24-25H,5,10H2,1-4H3/t14-,19+,20-,21+/m0/s1. The van der Waals surface area contributed by atoms with Gasteiger partial charge in [-0.15, -0.1) is 0 Å². The number of phenolic OH excluding ortho intramolecular Hbond substituents is 2. The van der Waals surface area contributed by atoms with E-state index in [4.69, 9.17) is 23.7 Å². The SMILES string of the molecule is CCO[C@@H]1c2cc(O)c(O)cc2[C@@H](c2cc(OC)c(OC)c(OC)c2)[C@H]2C(=O)OC[C@@H]21. The largest absolute Gasteiger partial charge is 0.504 e. The fourth-order valence-electron chi connectivity index (χ4n) is 4.82. The summed E-state index contributed by atoms with van der Waals surface area (Å²) >= 11 is 0. The van der Waals surface area contributed by atoms with Crippen LogP contribution in [-0.4, -0.2) is 50.7 Å². The number of ether oxygens (including phenoxy) is 5. The zero-order valence-electron chi connectivity index (χ0n) is 17.9. The van der Waals surface area contributed by atoms with Gasteiger partial charge in [-0.2, -0.15) is 0 Å². The quantitative estimate of drug-likeness (QED) is 0.532. The number of cyclic esters (lactones) is 1. The lowest BCUT2D eigenvalue weighted by molar-refractivity contribution is -0.141. The van der Waals surface area contributed by atoms with Gasteiger partial charge in [-0.3, -0.25) is 4.79 Å². The Balaban J connectivity index is 1.97. The van der Waals surface area contributed by atoms with Crippen LogP contribution in [0.25, 0.3) is 0 Å². The van der Waals surface area contributed by atoms with Gasteiger partial charge in [-0.25, -0.2) is 0 Å². The Labute approximate surface area is 180 Å². The molecule has 1 aliphatic heterocycles. The van der Waals surface area contributed by atoms with E-state index in [1.165, 1.54) is 33.5 Å². The van der Waals surface area contributed by atoms with Gasteiger partial charge < -0.3 is 33.9 Å². The van der Waals surface area contributed by atoms with Crippen LogP contribution in [0, 0.1) is 11.8 Å². The Kier molecular flexibility index (Phi) is 5.58. The average Bonchev–Trinajstić information content (AvgIpc) is 3.15. The summed E-state index contributed by atoms with van der Waals surface area (Å²) in [5.41, 5.74) is 2.14. The second-order valence-electron chi connectivity index (χ2n) is 7.60. The molecule has 1 saturated heterocycles. The third-order valence-electron chi connectivity index (χ3n) is 6.11. The van der Waals surface area contributed by atoms with Crippen LogP contribution in [-0.2, 0) is 14.3 Å². The Bertz CT molecular complexity index is 976. The lowest BCUT2D eigenvalue weighted by Gasteiger charge is -2.39. The number of aromatic hydroxyl groups is 2. The minimum absolute atomic E-state index is 0.218. The van der Waals surface area contributed by atoms with Gasteiger partial charge in [0.25, 0.3) is 0 Å². The highest BCUT2D eigenvalue weighted by atomic mass is 16.5. The molecule has 31 heavy (non-hydrogen) atoms. The lowest BCUT2D eigenvalue weighted by atomic mass is 9.66. The van der Waals surface area contributed by atoms with Crippen LogP contribution in [0.1, 0.15) is 35.6 Å². The monoisotopic (exact) mass is 430 g/mol. The molecule has 0 radical (unpaired) electrons. The second-order valence-corrected chi connectivity index (χ2v) is 7.60. The molecule has 4 atom stereocenters. The van der Waals surface area contributed by atoms with Gasteiger partial charge >= 0.3 is 5.97 Å². The molecular weight excluding hydrogens is 404 g/mol. The van der Waals surface area contributed by atoms with Crippen LogP contribution in [0.5, 0.6) is 28.7 Å². The molecule has 0 spiro atoms. The predicted octanol–water partition coefficient (Wildman–Crippen LogP) is 3.14. The summed E-state index contributed by atoms with van der Waals surface area (Å²) in [4.78, 5) is 12.9. The minimum atomic E-state index is -0.532. The van der Waals surface area contributed by atoms with E-state index in [0.717, 1.165) is 11.1 Å². The smallest absolute Gasteiger partial charge is 0.310 e. The Morgan fingerprint density at radius 3 is 2.13 bits per heavy atom. The second kappa shape index (κ2) is 8.19. The van der Waals surface area contributed by atoms with Crippen LogP contribution >= 0.6 is 0 Å². The van der Waals surface area contributed by atoms with Crippen LogP contribution < -0.4 is 14.2 Å². The van der Waals surface area contributed by atoms with Gasteiger partial charge in [0, 0.05) is 18.4 Å². The first kappa shape index (κ1) is 21.1. The van der Waals surface area contributed by atoms with E-state index in [1.54, 1.807) is 12.1 Å². The number of fused-ring (bicyclic) bond motifs is 2. The molecule has 1 fully saturated rings. The molecule has 0 unspecified atom stereocenters. The third kappa shape index (κ3) is 3.31. The van der Waals surface area contributed by atoms with Crippen molar-refractivity contribution >= 4 is 5.97 Å². The molecule has 2 aliphatic rings. The Hall–Kier alpha value is -3.13. The van der Waals surface area contributed by atoms with Gasteiger partial charge in [-0.05, 0) is 47.9 Å². The van der Waals surface area contributed by atoms with Crippen molar-refractivity contribution in [3.8, 4) is 28.7 Å². The fraction of sp³-hybridized carbons (Fsp3) is 0.435. The topological polar surface area (TPSA) is 104 Å². The van der Waals surface area contributed by atoms with Crippen molar-refractivity contribution in [3.05, 3.63) is 41.0 Å². The van der Waals surface area contributed by atoms with Crippen LogP contribution in [0.15, 0.2) is 24.3 Å². The van der Waals surface area contributed by atoms with Crippen molar-refractivity contribution in [2.75, 3.05) is 34.5 Å². The maximum Gasteiger partial charge on any atom is 0.310 e. The first-order chi connectivity index (χ1) is 14.9. The molecule has 2 N–H and O–H groups in total. The van der Waals surface area contributed by atoms with Gasteiger partial charge in [0.15, 0.2) is 23.0 Å². The number of carbonyl (C=O) groups is 1. The van der Waals surface area contributed by atoms with Crippen molar-refractivity contribution in [2.24, 2.45) is 11.8 Å². The summed E-state index contributed by atoms with van der Waals surface area (Å²) in [6, 6.07) is 6.59. The van der Waals surface area contributed by atoms with Crippen molar-refractivity contribution in [3.63, 3.8) is 0 Å². The van der Waals surface area contributed by atoms with Crippen molar-refractivity contribution in [2.45, 2.75) is 18.9 Å². The molecule has 4 rings (SSSR count). The number of methoxy groups -OCH3 is 3. The maximum absolute atomic E-state index is 12.9. The molecule has 1 aliphatic carbocycles. The molecule has 8 nitrogen and oxygen atoms in total. The van der Waals surface area contributed by atoms with Crippen LogP contribution in [0.2, 0.25) is 0 Å². The Morgan fingerprint density at radius 2 is 1.58 bits per heavy atom. The van der Waals surface area contributed by atoms with Crippen LogP contribution in [0.4, 0.5) is 0 Å². The highest BCUT2D eigenvalue weighted by Crippen LogP contribution is 2.55. The number of benzene rings is 2. The van der Waals surface area contributed by atoms with E-state index in [-0.39, 0.29) is 30.0 Å². The average molecular weight is 430 g/mol. The number of carbonyl (C=O) groups excluding carboxylic acids is 1. The molecule has 166 valence electrons. The summed E-state index contributed by atoms with van der Waals surface area (Å²) in [7, 11) is 4.57. The zero-order valence-corrected chi connectivity index (χ0v) is 17.9. The number of hydrogen-bond donors (Lipinski definition) is 2. The highest BCUT2D eigenvalue weighted by Gasteiger charge is 2.52. The van der Waals surface area contributed by atoms with Crippen LogP contribution in [0.3, 0.4) is 0 Å². The van der Waals surface area contributed by atoms with Crippen molar-refractivity contribution in [1.82, 2.24) is 0 Å². The Morgan fingerprint density at radius 1 is 0.968 bits per heavy atom. The number of phenols is 2. The molecule has 2 aromatic carbocycles. The van der Waals surface area contributed by atoms with Gasteiger partial charge in [0.05, 0.1) is 40.0 Å². The summed E-state index contributed by atoms with van der Waals surface area (Å²) in [6.45, 7) is 2.52. The molecule has 0 bridgehead atoms. The molecule has 2 aromatic rings. The lowest BCUT2D eigenvalue weighted by Crippen LogP contribution is -2.35. The molecule has 1 heterocycles. The number of rotatable bonds is 6. The minimum Gasteiger partial charge on any atom is -0.504 e. The van der Waals surface area contributed by atoms with E-state index in [9.17, 15) is 15.0 Å². The zero-order chi connectivity index (χ0) is 22.3. The molecule has 8 heteroatoms. The molecular formula is C23H26O8. The van der Waals surface area contributed by atoms with E-state index < -0.39 is 17.9 Å². The van der Waals surface area contributed by atoms with E-state index in [2.05, 4.69) is 0 Å². The van der Waals surface area contributed by atoms with Crippen molar-refractivity contribution in [1.29, 1.82) is 0 Å². The number of hydrogen-bond acceptors (Lipinski definition) is 8. The van der Waals surface area contributed by atoms with E-state index >= 15 is 0 Å². The highest BCUT2D eigenvalue weighted by molar-refractivity contribution is 5.79. The number of esters is 1. The first-order valence-corrected chi connectivity index (χ1v) is 10.1. The van der Waals surface area contributed by atoms with E-state index in [1.807, 2.05) is 6.92 Å². The molecule has 0 amide bonds. The third-order valence-corrected chi connectivity index (χ3v) is 6.11. The van der Waals surface area contributed by atoms with E-state index in [0.29, 0.717) is 29.4 Å². The predicted molar refractivity (Wildman–Crippen MR) is 110 cm³/mol.